The molecule has 1 saturated heterocycles. The Kier molecular flexibility index (Phi) is 8.78. The van der Waals surface area contributed by atoms with Crippen LogP contribution in [0.3, 0.4) is 0 Å². The molecule has 0 amide bonds. The van der Waals surface area contributed by atoms with Crippen molar-refractivity contribution in [3.05, 3.63) is 12.2 Å². The number of nitrogens with zero attached hydrogens (tertiary/aromatic N) is 1. The van der Waals surface area contributed by atoms with Gasteiger partial charge in [0.25, 0.3) is 0 Å². The van der Waals surface area contributed by atoms with Gasteiger partial charge in [0.05, 0.1) is 0 Å². The molecule has 1 N–H and O–H groups in total. The molecule has 0 saturated carbocycles. The monoisotopic (exact) mass is 241 g/mol. The molecule has 1 heterocycles. The summed E-state index contributed by atoms with van der Waals surface area (Å²) in [6, 6.07) is 0.769. The highest BCUT2D eigenvalue weighted by molar-refractivity contribution is 5.79. The average Bonchev–Trinajstić information content (AvgIpc) is 2.28. The first-order valence-corrected chi connectivity index (χ1v) is 6.58. The lowest BCUT2D eigenvalue weighted by Crippen LogP contribution is -2.35. The number of piperidine rings is 1. The lowest BCUT2D eigenvalue weighted by molar-refractivity contribution is -0.131. The summed E-state index contributed by atoms with van der Waals surface area (Å²) >= 11 is 0. The van der Waals surface area contributed by atoms with Crippen molar-refractivity contribution in [2.24, 2.45) is 5.92 Å². The largest absolute Gasteiger partial charge is 0.478 e. The summed E-state index contributed by atoms with van der Waals surface area (Å²) in [5.74, 6) is -0.551. The van der Waals surface area contributed by atoms with Gasteiger partial charge in [-0.15, -0.1) is 0 Å². The number of hydrogen-bond acceptors (Lipinski definition) is 2. The van der Waals surface area contributed by atoms with E-state index >= 15 is 0 Å². The topological polar surface area (TPSA) is 40.5 Å². The van der Waals surface area contributed by atoms with Crippen molar-refractivity contribution in [3.63, 3.8) is 0 Å². The van der Waals surface area contributed by atoms with Crippen LogP contribution in [0.2, 0.25) is 0 Å². The first-order valence-electron chi connectivity index (χ1n) is 6.58. The number of likely N-dealkylation sites (tertiary alicyclic amines) is 1. The number of allylic oxidation sites excluding steroid dienone is 1. The quantitative estimate of drug-likeness (QED) is 0.772. The number of carbonyl (C=O) groups is 1. The van der Waals surface area contributed by atoms with Crippen LogP contribution in [0.1, 0.15) is 47.0 Å². The van der Waals surface area contributed by atoms with Gasteiger partial charge in [-0.2, -0.15) is 0 Å². The number of aliphatic carboxylic acids is 1. The van der Waals surface area contributed by atoms with E-state index in [1.807, 2.05) is 13.8 Å². The lowest BCUT2D eigenvalue weighted by Gasteiger charge is -2.29. The molecule has 3 nitrogen and oxygen atoms in total. The fraction of sp³-hybridized carbons (Fsp3) is 0.786. The summed E-state index contributed by atoms with van der Waals surface area (Å²) < 4.78 is 0. The molecule has 0 aromatic carbocycles. The van der Waals surface area contributed by atoms with Gasteiger partial charge in [0.1, 0.15) is 0 Å². The van der Waals surface area contributed by atoms with Gasteiger partial charge in [-0.1, -0.05) is 26.3 Å². The van der Waals surface area contributed by atoms with Crippen molar-refractivity contribution in [1.82, 2.24) is 4.90 Å². The molecule has 100 valence electrons. The van der Waals surface area contributed by atoms with E-state index in [9.17, 15) is 4.79 Å². The standard InChI is InChI=1S/C8H17N.C6H10O2/c1-8(2)9-6-4-3-5-7-9;1-5(2)3-4-6(7)8/h8H,3-7H2,1-2H3;3-5H,1-2H3,(H,7,8)/b;4-3+. The van der Waals surface area contributed by atoms with Crippen molar-refractivity contribution >= 4 is 5.97 Å². The highest BCUT2D eigenvalue weighted by atomic mass is 16.4. The number of hydrogen-bond donors (Lipinski definition) is 1. The van der Waals surface area contributed by atoms with E-state index in [1.54, 1.807) is 6.08 Å². The van der Waals surface area contributed by atoms with Crippen LogP contribution in [0.25, 0.3) is 0 Å². The van der Waals surface area contributed by atoms with Crippen molar-refractivity contribution in [1.29, 1.82) is 0 Å². The normalized spacial score (nSPS) is 17.3. The summed E-state index contributed by atoms with van der Waals surface area (Å²) in [6.45, 7) is 11.1. The summed E-state index contributed by atoms with van der Waals surface area (Å²) in [5.41, 5.74) is 0. The molecule has 1 rings (SSSR count). The molecular formula is C14H27NO2. The second-order valence-corrected chi connectivity index (χ2v) is 5.13. The smallest absolute Gasteiger partial charge is 0.327 e. The van der Waals surface area contributed by atoms with E-state index in [1.165, 1.54) is 32.4 Å². The molecule has 1 aliphatic heterocycles. The molecule has 0 spiro atoms. The summed E-state index contributed by atoms with van der Waals surface area (Å²) in [5, 5.41) is 8.08. The van der Waals surface area contributed by atoms with Gasteiger partial charge in [-0.25, -0.2) is 4.79 Å². The summed E-state index contributed by atoms with van der Waals surface area (Å²) in [7, 11) is 0. The fourth-order valence-corrected chi connectivity index (χ4v) is 1.71. The maximum absolute atomic E-state index is 9.82. The van der Waals surface area contributed by atoms with Crippen molar-refractivity contribution in [2.45, 2.75) is 53.0 Å². The predicted molar refractivity (Wildman–Crippen MR) is 72.2 cm³/mol. The van der Waals surface area contributed by atoms with Gasteiger partial charge in [0.15, 0.2) is 0 Å². The van der Waals surface area contributed by atoms with Crippen LogP contribution in [0.15, 0.2) is 12.2 Å². The van der Waals surface area contributed by atoms with Crippen LogP contribution < -0.4 is 0 Å². The van der Waals surface area contributed by atoms with Gasteiger partial charge in [0, 0.05) is 12.1 Å². The zero-order chi connectivity index (χ0) is 13.3. The first-order chi connectivity index (χ1) is 7.93. The average molecular weight is 241 g/mol. The van der Waals surface area contributed by atoms with Crippen LogP contribution in [0.5, 0.6) is 0 Å². The zero-order valence-corrected chi connectivity index (χ0v) is 11.6. The molecule has 1 fully saturated rings. The predicted octanol–water partition coefficient (Wildman–Crippen LogP) is 3.16. The molecular weight excluding hydrogens is 214 g/mol. The first kappa shape index (κ1) is 16.2. The molecule has 17 heavy (non-hydrogen) atoms. The number of carboxylic acid groups (broad SMARTS) is 1. The Morgan fingerprint density at radius 2 is 1.65 bits per heavy atom. The van der Waals surface area contributed by atoms with E-state index in [0.29, 0.717) is 5.92 Å². The van der Waals surface area contributed by atoms with Gasteiger partial charge in [-0.3, -0.25) is 0 Å². The molecule has 0 atom stereocenters. The van der Waals surface area contributed by atoms with Gasteiger partial charge in [-0.05, 0) is 45.7 Å². The number of rotatable bonds is 3. The molecule has 0 bridgehead atoms. The maximum Gasteiger partial charge on any atom is 0.327 e. The Bertz CT molecular complexity index is 228. The van der Waals surface area contributed by atoms with Crippen molar-refractivity contribution < 1.29 is 9.90 Å². The zero-order valence-electron chi connectivity index (χ0n) is 11.6. The third kappa shape index (κ3) is 10.1. The van der Waals surface area contributed by atoms with Crippen LogP contribution in [0.4, 0.5) is 0 Å². The Balaban J connectivity index is 0.000000304. The molecule has 0 radical (unpaired) electrons. The molecule has 0 unspecified atom stereocenters. The third-order valence-corrected chi connectivity index (χ3v) is 2.74. The minimum absolute atomic E-state index is 0.325. The minimum Gasteiger partial charge on any atom is -0.478 e. The Labute approximate surface area is 106 Å². The number of carboxylic acids is 1. The second kappa shape index (κ2) is 9.23. The molecule has 0 aromatic rings. The van der Waals surface area contributed by atoms with Crippen molar-refractivity contribution in [3.8, 4) is 0 Å². The van der Waals surface area contributed by atoms with E-state index in [4.69, 9.17) is 5.11 Å². The summed E-state index contributed by atoms with van der Waals surface area (Å²) in [4.78, 5) is 12.4. The van der Waals surface area contributed by atoms with Crippen LogP contribution in [-0.2, 0) is 4.79 Å². The molecule has 1 aliphatic rings. The minimum atomic E-state index is -0.876. The highest BCUT2D eigenvalue weighted by Crippen LogP contribution is 2.10. The van der Waals surface area contributed by atoms with E-state index < -0.39 is 5.97 Å². The van der Waals surface area contributed by atoms with Crippen LogP contribution >= 0.6 is 0 Å². The van der Waals surface area contributed by atoms with Crippen LogP contribution in [-0.4, -0.2) is 35.1 Å². The van der Waals surface area contributed by atoms with E-state index in [0.717, 1.165) is 12.1 Å². The van der Waals surface area contributed by atoms with E-state index in [-0.39, 0.29) is 0 Å². The van der Waals surface area contributed by atoms with E-state index in [2.05, 4.69) is 18.7 Å². The highest BCUT2D eigenvalue weighted by Gasteiger charge is 2.11. The van der Waals surface area contributed by atoms with Gasteiger partial charge in [0.2, 0.25) is 0 Å². The Hall–Kier alpha value is -0.830. The molecule has 0 aromatic heterocycles. The SMILES string of the molecule is CC(C)/C=C/C(=O)O.CC(C)N1CCCCC1. The van der Waals surface area contributed by atoms with Crippen molar-refractivity contribution in [2.75, 3.05) is 13.1 Å². The lowest BCUT2D eigenvalue weighted by atomic mass is 10.1. The third-order valence-electron chi connectivity index (χ3n) is 2.74. The Morgan fingerprint density at radius 3 is 1.88 bits per heavy atom. The maximum atomic E-state index is 9.82. The fourth-order valence-electron chi connectivity index (χ4n) is 1.71. The van der Waals surface area contributed by atoms with Crippen LogP contribution in [0, 0.1) is 5.92 Å². The second-order valence-electron chi connectivity index (χ2n) is 5.13. The molecule has 3 heteroatoms. The Morgan fingerprint density at radius 1 is 1.12 bits per heavy atom. The molecule has 0 aliphatic carbocycles. The summed E-state index contributed by atoms with van der Waals surface area (Å²) in [6.07, 6.45) is 7.08. The van der Waals surface area contributed by atoms with Gasteiger partial charge >= 0.3 is 5.97 Å². The van der Waals surface area contributed by atoms with Gasteiger partial charge < -0.3 is 10.0 Å².